The summed E-state index contributed by atoms with van der Waals surface area (Å²) in [5.74, 6) is -0.118. The zero-order valence-electron chi connectivity index (χ0n) is 14.2. The van der Waals surface area contributed by atoms with Crippen LogP contribution in [0.3, 0.4) is 0 Å². The van der Waals surface area contributed by atoms with Gasteiger partial charge in [0.15, 0.2) is 0 Å². The van der Waals surface area contributed by atoms with Crippen LogP contribution in [0.1, 0.15) is 21.7 Å². The summed E-state index contributed by atoms with van der Waals surface area (Å²) in [7, 11) is 0. The van der Waals surface area contributed by atoms with Crippen LogP contribution in [-0.4, -0.2) is 52.7 Å². The van der Waals surface area contributed by atoms with E-state index in [-0.39, 0.29) is 16.8 Å². The third-order valence-corrected chi connectivity index (χ3v) is 5.40. The molecule has 0 aliphatic carbocycles. The fourth-order valence-corrected chi connectivity index (χ4v) is 3.70. The van der Waals surface area contributed by atoms with Crippen molar-refractivity contribution in [3.05, 3.63) is 63.0 Å². The molecule has 2 aromatic rings. The molecule has 1 aromatic heterocycles. The number of hydrogen-bond acceptors (Lipinski definition) is 5. The quantitative estimate of drug-likeness (QED) is 0.596. The Bertz CT molecular complexity index is 798. The van der Waals surface area contributed by atoms with Crippen molar-refractivity contribution in [2.24, 2.45) is 0 Å². The van der Waals surface area contributed by atoms with Crippen molar-refractivity contribution in [3.8, 4) is 0 Å². The van der Waals surface area contributed by atoms with E-state index in [1.165, 1.54) is 12.1 Å². The van der Waals surface area contributed by atoms with Crippen molar-refractivity contribution < 1.29 is 14.5 Å². The number of thiophene rings is 1. The van der Waals surface area contributed by atoms with Gasteiger partial charge in [0.2, 0.25) is 5.91 Å². The zero-order chi connectivity index (χ0) is 18.5. The maximum Gasteiger partial charge on any atom is 0.324 e. The Morgan fingerprint density at radius 1 is 1.00 bits per heavy atom. The van der Waals surface area contributed by atoms with E-state index in [0.29, 0.717) is 43.9 Å². The molecule has 7 nitrogen and oxygen atoms in total. The van der Waals surface area contributed by atoms with Crippen molar-refractivity contribution >= 4 is 28.2 Å². The Labute approximate surface area is 155 Å². The summed E-state index contributed by atoms with van der Waals surface area (Å²) in [4.78, 5) is 38.8. The van der Waals surface area contributed by atoms with Crippen LogP contribution in [0.15, 0.2) is 42.5 Å². The van der Waals surface area contributed by atoms with Gasteiger partial charge in [-0.25, -0.2) is 0 Å². The highest BCUT2D eigenvalue weighted by Gasteiger charge is 2.26. The van der Waals surface area contributed by atoms with Gasteiger partial charge in [-0.1, -0.05) is 41.7 Å². The smallest absolute Gasteiger partial charge is 0.324 e. The van der Waals surface area contributed by atoms with Gasteiger partial charge < -0.3 is 9.80 Å². The first-order chi connectivity index (χ1) is 12.5. The van der Waals surface area contributed by atoms with Gasteiger partial charge in [0.25, 0.3) is 5.91 Å². The van der Waals surface area contributed by atoms with E-state index in [4.69, 9.17) is 0 Å². The number of aryl methyl sites for hydroxylation is 1. The van der Waals surface area contributed by atoms with Crippen molar-refractivity contribution in [1.82, 2.24) is 9.80 Å². The fraction of sp³-hybridized carbons (Fsp3) is 0.333. The van der Waals surface area contributed by atoms with Gasteiger partial charge in [-0.3, -0.25) is 19.7 Å². The molecule has 1 aliphatic rings. The Hall–Kier alpha value is -2.74. The van der Waals surface area contributed by atoms with Gasteiger partial charge in [0, 0.05) is 38.7 Å². The molecule has 0 N–H and O–H groups in total. The lowest BCUT2D eigenvalue weighted by Crippen LogP contribution is -2.50. The minimum Gasteiger partial charge on any atom is -0.339 e. The van der Waals surface area contributed by atoms with Crippen LogP contribution in [0.2, 0.25) is 0 Å². The van der Waals surface area contributed by atoms with Crippen LogP contribution in [0.5, 0.6) is 0 Å². The maximum absolute atomic E-state index is 12.4. The van der Waals surface area contributed by atoms with Crippen LogP contribution >= 0.6 is 11.3 Å². The summed E-state index contributed by atoms with van der Waals surface area (Å²) >= 11 is 0.885. The number of benzene rings is 1. The number of nitro groups is 1. The molecular formula is C18H19N3O4S. The van der Waals surface area contributed by atoms with Crippen LogP contribution < -0.4 is 0 Å². The summed E-state index contributed by atoms with van der Waals surface area (Å²) in [6.07, 6.45) is 1.16. The monoisotopic (exact) mass is 373 g/mol. The molecule has 136 valence electrons. The lowest BCUT2D eigenvalue weighted by atomic mass is 10.1. The average Bonchev–Trinajstić information content (AvgIpc) is 3.17. The summed E-state index contributed by atoms with van der Waals surface area (Å²) in [5, 5.41) is 10.7. The molecule has 0 atom stereocenters. The summed E-state index contributed by atoms with van der Waals surface area (Å²) in [6.45, 7) is 1.88. The normalized spacial score (nSPS) is 14.3. The molecule has 8 heteroatoms. The third-order valence-electron chi connectivity index (χ3n) is 4.37. The number of carbonyl (C=O) groups is 2. The summed E-state index contributed by atoms with van der Waals surface area (Å²) < 4.78 is 0. The number of hydrogen-bond donors (Lipinski definition) is 0. The van der Waals surface area contributed by atoms with E-state index >= 15 is 0 Å². The second-order valence-corrected chi connectivity index (χ2v) is 7.12. The van der Waals surface area contributed by atoms with Crippen molar-refractivity contribution in [2.75, 3.05) is 26.2 Å². The van der Waals surface area contributed by atoms with Gasteiger partial charge in [-0.15, -0.1) is 0 Å². The SMILES string of the molecule is O=C(CCc1ccccc1)N1CCN(C(=O)c2ccc([N+](=O)[O-])s2)CC1. The van der Waals surface area contributed by atoms with Gasteiger partial charge >= 0.3 is 5.00 Å². The van der Waals surface area contributed by atoms with Crippen molar-refractivity contribution in [3.63, 3.8) is 0 Å². The molecule has 0 saturated carbocycles. The molecule has 0 radical (unpaired) electrons. The number of carbonyl (C=O) groups excluding carboxylic acids is 2. The minimum absolute atomic E-state index is 0.0388. The summed E-state index contributed by atoms with van der Waals surface area (Å²) in [5.41, 5.74) is 1.13. The topological polar surface area (TPSA) is 83.8 Å². The molecule has 1 aromatic carbocycles. The minimum atomic E-state index is -0.495. The molecule has 0 unspecified atom stereocenters. The molecule has 0 bridgehead atoms. The largest absolute Gasteiger partial charge is 0.339 e. The molecule has 26 heavy (non-hydrogen) atoms. The first-order valence-corrected chi connectivity index (χ1v) is 9.21. The predicted molar refractivity (Wildman–Crippen MR) is 98.2 cm³/mol. The van der Waals surface area contributed by atoms with Crippen LogP contribution in [-0.2, 0) is 11.2 Å². The first kappa shape index (κ1) is 18.1. The standard InChI is InChI=1S/C18H19N3O4S/c22-16(8-6-14-4-2-1-3-5-14)19-10-12-20(13-11-19)18(23)15-7-9-17(26-15)21(24)25/h1-5,7,9H,6,8,10-13H2. The van der Waals surface area contributed by atoms with Gasteiger partial charge in [-0.2, -0.15) is 0 Å². The number of amides is 2. The van der Waals surface area contributed by atoms with E-state index in [0.717, 1.165) is 16.9 Å². The second-order valence-electron chi connectivity index (χ2n) is 6.05. The fourth-order valence-electron chi connectivity index (χ4n) is 2.91. The maximum atomic E-state index is 12.4. The van der Waals surface area contributed by atoms with Crippen LogP contribution in [0.4, 0.5) is 5.00 Å². The lowest BCUT2D eigenvalue weighted by molar-refractivity contribution is -0.380. The van der Waals surface area contributed by atoms with E-state index in [1.807, 2.05) is 30.3 Å². The Morgan fingerprint density at radius 2 is 1.65 bits per heavy atom. The Kier molecular flexibility index (Phi) is 5.62. The van der Waals surface area contributed by atoms with Crippen LogP contribution in [0.25, 0.3) is 0 Å². The highest BCUT2D eigenvalue weighted by molar-refractivity contribution is 7.17. The van der Waals surface area contributed by atoms with E-state index in [2.05, 4.69) is 0 Å². The predicted octanol–water partition coefficient (Wildman–Crippen LogP) is 2.57. The number of piperazine rings is 1. The molecule has 0 spiro atoms. The molecule has 3 rings (SSSR count). The van der Waals surface area contributed by atoms with E-state index in [9.17, 15) is 19.7 Å². The molecule has 1 fully saturated rings. The van der Waals surface area contributed by atoms with Gasteiger partial charge in [0.1, 0.15) is 0 Å². The van der Waals surface area contributed by atoms with E-state index in [1.54, 1.807) is 9.80 Å². The van der Waals surface area contributed by atoms with Crippen LogP contribution in [0, 0.1) is 10.1 Å². The molecule has 2 amide bonds. The Balaban J connectivity index is 1.49. The molecule has 2 heterocycles. The first-order valence-electron chi connectivity index (χ1n) is 8.40. The highest BCUT2D eigenvalue weighted by atomic mass is 32.1. The van der Waals surface area contributed by atoms with Crippen molar-refractivity contribution in [2.45, 2.75) is 12.8 Å². The van der Waals surface area contributed by atoms with E-state index < -0.39 is 4.92 Å². The highest BCUT2D eigenvalue weighted by Crippen LogP contribution is 2.25. The molecular weight excluding hydrogens is 354 g/mol. The molecule has 1 aliphatic heterocycles. The molecule has 1 saturated heterocycles. The lowest BCUT2D eigenvalue weighted by Gasteiger charge is -2.34. The second kappa shape index (κ2) is 8.09. The zero-order valence-corrected chi connectivity index (χ0v) is 15.0. The summed E-state index contributed by atoms with van der Waals surface area (Å²) in [6, 6.07) is 12.7. The van der Waals surface area contributed by atoms with Gasteiger partial charge in [-0.05, 0) is 18.1 Å². The van der Waals surface area contributed by atoms with Crippen molar-refractivity contribution in [1.29, 1.82) is 0 Å². The number of rotatable bonds is 5. The third kappa shape index (κ3) is 4.26. The average molecular weight is 373 g/mol. The van der Waals surface area contributed by atoms with Gasteiger partial charge in [0.05, 0.1) is 9.80 Å². The Morgan fingerprint density at radius 3 is 2.27 bits per heavy atom. The number of nitrogens with zero attached hydrogens (tertiary/aromatic N) is 3.